The number of hydrogen-bond acceptors (Lipinski definition) is 5. The molecule has 1 aliphatic rings. The van der Waals surface area contributed by atoms with Crippen molar-refractivity contribution in [3.8, 4) is 16.9 Å². The molecule has 42 heavy (non-hydrogen) atoms. The fraction of sp³-hybridized carbons (Fsp3) is 0.294. The molecule has 0 amide bonds. The van der Waals surface area contributed by atoms with Crippen LogP contribution in [0.1, 0.15) is 34.2 Å². The molecule has 8 heteroatoms. The highest BCUT2D eigenvalue weighted by atomic mass is 19.4. The first-order chi connectivity index (χ1) is 20.3. The van der Waals surface area contributed by atoms with Crippen molar-refractivity contribution in [1.82, 2.24) is 15.2 Å². The molecule has 5 rings (SSSR count). The predicted octanol–water partition coefficient (Wildman–Crippen LogP) is 6.50. The zero-order valence-corrected chi connectivity index (χ0v) is 23.4. The van der Waals surface area contributed by atoms with Gasteiger partial charge in [-0.15, -0.1) is 0 Å². The van der Waals surface area contributed by atoms with Gasteiger partial charge in [0.1, 0.15) is 18.1 Å². The first-order valence-electron chi connectivity index (χ1n) is 14.2. The Kier molecular flexibility index (Phi) is 9.66. The molecule has 0 radical (unpaired) electrons. The molecule has 0 unspecified atom stereocenters. The van der Waals surface area contributed by atoms with Gasteiger partial charge in [-0.3, -0.25) is 14.7 Å². The van der Waals surface area contributed by atoms with Gasteiger partial charge in [0.2, 0.25) is 0 Å². The summed E-state index contributed by atoms with van der Waals surface area (Å²) in [6, 6.07) is 22.7. The molecule has 2 heterocycles. The van der Waals surface area contributed by atoms with E-state index in [-0.39, 0.29) is 12.4 Å². The molecule has 1 aliphatic heterocycles. The summed E-state index contributed by atoms with van der Waals surface area (Å²) < 4.78 is 47.0. The summed E-state index contributed by atoms with van der Waals surface area (Å²) >= 11 is 0. The molecular formula is C34H34F3N3O2. The van der Waals surface area contributed by atoms with Crippen molar-refractivity contribution in [2.45, 2.75) is 38.6 Å². The highest BCUT2D eigenvalue weighted by Crippen LogP contribution is 2.35. The van der Waals surface area contributed by atoms with Gasteiger partial charge in [0.15, 0.2) is 0 Å². The van der Waals surface area contributed by atoms with Gasteiger partial charge in [-0.25, -0.2) is 0 Å². The number of rotatable bonds is 11. The minimum atomic E-state index is -4.46. The number of hydrogen-bond donors (Lipinski definition) is 1. The minimum absolute atomic E-state index is 0.0232. The Balaban J connectivity index is 1.29. The van der Waals surface area contributed by atoms with Gasteiger partial charge in [-0.1, -0.05) is 48.5 Å². The van der Waals surface area contributed by atoms with Crippen LogP contribution >= 0.6 is 0 Å². The van der Waals surface area contributed by atoms with Gasteiger partial charge in [0.25, 0.3) is 0 Å². The van der Waals surface area contributed by atoms with Gasteiger partial charge in [-0.05, 0) is 70.1 Å². The van der Waals surface area contributed by atoms with Crippen LogP contribution in [0.15, 0.2) is 91.3 Å². The SMILES string of the molecule is O=C(CCc1cccnc1)Cc1ccc(OCc2cc(C(F)(F)F)ccc2-c2ccccc2CN2CCNCC2)cc1. The first-order valence-corrected chi connectivity index (χ1v) is 14.2. The van der Waals surface area contributed by atoms with Gasteiger partial charge in [-0.2, -0.15) is 13.2 Å². The van der Waals surface area contributed by atoms with Crippen molar-refractivity contribution in [1.29, 1.82) is 0 Å². The van der Waals surface area contributed by atoms with Gasteiger partial charge < -0.3 is 10.1 Å². The van der Waals surface area contributed by atoms with Crippen molar-refractivity contribution < 1.29 is 22.7 Å². The zero-order chi connectivity index (χ0) is 29.4. The molecule has 0 spiro atoms. The summed E-state index contributed by atoms with van der Waals surface area (Å²) in [5.41, 5.74) is 4.35. The highest BCUT2D eigenvalue weighted by Gasteiger charge is 2.31. The number of nitrogens with zero attached hydrogens (tertiary/aromatic N) is 2. The second kappa shape index (κ2) is 13.8. The Labute approximate surface area is 244 Å². The number of halogens is 3. The lowest BCUT2D eigenvalue weighted by atomic mass is 9.93. The van der Waals surface area contributed by atoms with E-state index in [2.05, 4.69) is 15.2 Å². The van der Waals surface area contributed by atoms with Crippen LogP contribution in [0.3, 0.4) is 0 Å². The van der Waals surface area contributed by atoms with E-state index in [4.69, 9.17) is 4.74 Å². The van der Waals surface area contributed by atoms with Crippen LogP contribution in [-0.4, -0.2) is 41.8 Å². The van der Waals surface area contributed by atoms with Gasteiger partial charge in [0, 0.05) is 58.0 Å². The maximum atomic E-state index is 13.7. The number of ketones is 1. The number of Topliss-reactive ketones (excluding diaryl/α,β-unsaturated/α-hetero) is 1. The summed E-state index contributed by atoms with van der Waals surface area (Å²) in [6.07, 6.45) is 0.390. The van der Waals surface area contributed by atoms with Crippen LogP contribution in [0.2, 0.25) is 0 Å². The monoisotopic (exact) mass is 573 g/mol. The van der Waals surface area contributed by atoms with Gasteiger partial charge in [0.05, 0.1) is 5.56 Å². The molecule has 0 bridgehead atoms. The summed E-state index contributed by atoms with van der Waals surface area (Å²) in [4.78, 5) is 18.9. The third-order valence-electron chi connectivity index (χ3n) is 7.48. The maximum Gasteiger partial charge on any atom is 0.416 e. The number of benzene rings is 3. The van der Waals surface area contributed by atoms with E-state index < -0.39 is 11.7 Å². The Morgan fingerprint density at radius 2 is 1.64 bits per heavy atom. The molecule has 3 aromatic carbocycles. The molecule has 1 aromatic heterocycles. The van der Waals surface area contributed by atoms with E-state index in [0.717, 1.165) is 66.6 Å². The number of piperazine rings is 1. The van der Waals surface area contributed by atoms with Crippen molar-refractivity contribution in [3.63, 3.8) is 0 Å². The number of ether oxygens (including phenoxy) is 1. The number of carbonyl (C=O) groups excluding carboxylic acids is 1. The summed E-state index contributed by atoms with van der Waals surface area (Å²) in [7, 11) is 0. The lowest BCUT2D eigenvalue weighted by Gasteiger charge is -2.28. The van der Waals surface area contributed by atoms with E-state index in [9.17, 15) is 18.0 Å². The molecule has 218 valence electrons. The molecule has 0 aliphatic carbocycles. The van der Waals surface area contributed by atoms with E-state index in [1.54, 1.807) is 30.6 Å². The number of carbonyl (C=O) groups is 1. The van der Waals surface area contributed by atoms with Crippen molar-refractivity contribution in [2.24, 2.45) is 0 Å². The smallest absolute Gasteiger partial charge is 0.416 e. The third kappa shape index (κ3) is 8.05. The summed E-state index contributed by atoms with van der Waals surface area (Å²) in [5.74, 6) is 0.652. The Bertz CT molecular complexity index is 1470. The quantitative estimate of drug-likeness (QED) is 0.222. The largest absolute Gasteiger partial charge is 0.489 e. The number of alkyl halides is 3. The minimum Gasteiger partial charge on any atom is -0.489 e. The van der Waals surface area contributed by atoms with Crippen LogP contribution in [0.4, 0.5) is 13.2 Å². The molecule has 5 nitrogen and oxygen atoms in total. The van der Waals surface area contributed by atoms with E-state index in [1.807, 2.05) is 48.5 Å². The molecule has 1 N–H and O–H groups in total. The second-order valence-electron chi connectivity index (χ2n) is 10.6. The van der Waals surface area contributed by atoms with Gasteiger partial charge >= 0.3 is 6.18 Å². The normalized spacial score (nSPS) is 14.1. The molecule has 1 fully saturated rings. The summed E-state index contributed by atoms with van der Waals surface area (Å²) in [6.45, 7) is 4.37. The summed E-state index contributed by atoms with van der Waals surface area (Å²) in [5, 5.41) is 3.35. The Morgan fingerprint density at radius 3 is 2.38 bits per heavy atom. The lowest BCUT2D eigenvalue weighted by Crippen LogP contribution is -2.42. The van der Waals surface area contributed by atoms with Crippen LogP contribution in [0, 0.1) is 0 Å². The Hall–Kier alpha value is -4.01. The molecular weight excluding hydrogens is 539 g/mol. The molecule has 0 saturated carbocycles. The average molecular weight is 574 g/mol. The first kappa shape index (κ1) is 29.5. The van der Waals surface area contributed by atoms with E-state index in [1.165, 1.54) is 6.07 Å². The van der Waals surface area contributed by atoms with Crippen molar-refractivity contribution >= 4 is 5.78 Å². The highest BCUT2D eigenvalue weighted by molar-refractivity contribution is 5.81. The maximum absolute atomic E-state index is 13.7. The van der Waals surface area contributed by atoms with E-state index in [0.29, 0.717) is 30.6 Å². The molecule has 4 aromatic rings. The topological polar surface area (TPSA) is 54.5 Å². The van der Waals surface area contributed by atoms with Crippen LogP contribution in [0.5, 0.6) is 5.75 Å². The molecule has 0 atom stereocenters. The molecule has 1 saturated heterocycles. The standard InChI is InChI=1S/C34H34F3N3O2/c35-34(36,37)29-10-14-33(32-6-2-1-5-27(32)23-40-18-16-38-17-19-40)28(21-29)24-42-31-12-8-25(9-13-31)20-30(41)11-7-26-4-3-15-39-22-26/h1-6,8-10,12-15,21-22,38H,7,11,16-20,23-24H2. The fourth-order valence-electron chi connectivity index (χ4n) is 5.19. The van der Waals surface area contributed by atoms with Crippen LogP contribution < -0.4 is 10.1 Å². The number of pyridine rings is 1. The zero-order valence-electron chi connectivity index (χ0n) is 23.4. The predicted molar refractivity (Wildman–Crippen MR) is 157 cm³/mol. The Morgan fingerprint density at radius 1 is 0.881 bits per heavy atom. The second-order valence-corrected chi connectivity index (χ2v) is 10.6. The van der Waals surface area contributed by atoms with E-state index >= 15 is 0 Å². The number of aryl methyl sites for hydroxylation is 1. The average Bonchev–Trinajstić information content (AvgIpc) is 3.00. The number of nitrogens with one attached hydrogen (secondary N) is 1. The van der Waals surface area contributed by atoms with Crippen molar-refractivity contribution in [2.75, 3.05) is 26.2 Å². The van der Waals surface area contributed by atoms with Crippen LogP contribution in [-0.2, 0) is 37.0 Å². The fourth-order valence-corrected chi connectivity index (χ4v) is 5.19. The number of aromatic nitrogens is 1. The lowest BCUT2D eigenvalue weighted by molar-refractivity contribution is -0.137. The van der Waals surface area contributed by atoms with Crippen LogP contribution in [0.25, 0.3) is 11.1 Å². The third-order valence-corrected chi connectivity index (χ3v) is 7.48. The van der Waals surface area contributed by atoms with Crippen molar-refractivity contribution in [3.05, 3.63) is 119 Å².